The van der Waals surface area contributed by atoms with Crippen LogP contribution < -0.4 is 10.2 Å². The van der Waals surface area contributed by atoms with Crippen molar-refractivity contribution in [1.82, 2.24) is 10.2 Å². The van der Waals surface area contributed by atoms with Crippen LogP contribution in [0.1, 0.15) is 25.3 Å². The first-order chi connectivity index (χ1) is 14.6. The quantitative estimate of drug-likeness (QED) is 0.615. The molecule has 1 aromatic heterocycles. The number of anilines is 2. The molecule has 2 heterocycles. The van der Waals surface area contributed by atoms with Gasteiger partial charge in [0.15, 0.2) is 5.82 Å². The lowest BCUT2D eigenvalue weighted by molar-refractivity contribution is -0.120. The normalized spacial score (nSPS) is 14.5. The number of amides is 1. The molecule has 1 fully saturated rings. The highest BCUT2D eigenvalue weighted by Gasteiger charge is 2.26. The lowest BCUT2D eigenvalue weighted by Crippen LogP contribution is -2.38. The third-order valence-corrected chi connectivity index (χ3v) is 5.89. The van der Waals surface area contributed by atoms with Crippen LogP contribution in [0, 0.1) is 5.92 Å². The molecule has 0 bridgehead atoms. The largest absolute Gasteiger partial charge is 0.355 e. The fourth-order valence-corrected chi connectivity index (χ4v) is 3.95. The molecule has 0 saturated carbocycles. The van der Waals surface area contributed by atoms with E-state index in [4.69, 9.17) is 11.6 Å². The molecule has 4 rings (SSSR count). The first-order valence-electron chi connectivity index (χ1n) is 10.4. The molecular weight excluding hydrogens is 396 g/mol. The van der Waals surface area contributed by atoms with Gasteiger partial charge < -0.3 is 10.2 Å². The fraction of sp³-hybridized carbons (Fsp3) is 0.292. The third kappa shape index (κ3) is 4.62. The van der Waals surface area contributed by atoms with Crippen molar-refractivity contribution in [1.29, 1.82) is 0 Å². The zero-order chi connectivity index (χ0) is 20.9. The van der Waals surface area contributed by atoms with E-state index in [0.29, 0.717) is 5.02 Å². The summed E-state index contributed by atoms with van der Waals surface area (Å²) >= 11 is 5.95. The smallest absolute Gasteiger partial charge is 0.227 e. The highest BCUT2D eigenvalue weighted by atomic mass is 35.5. The Kier molecular flexibility index (Phi) is 6.29. The van der Waals surface area contributed by atoms with E-state index in [9.17, 15) is 4.79 Å². The van der Waals surface area contributed by atoms with Gasteiger partial charge >= 0.3 is 0 Å². The third-order valence-electron chi connectivity index (χ3n) is 5.64. The summed E-state index contributed by atoms with van der Waals surface area (Å²) in [5, 5.41) is 12.6. The van der Waals surface area contributed by atoms with Crippen LogP contribution in [0.2, 0.25) is 5.02 Å². The van der Waals surface area contributed by atoms with Crippen LogP contribution in [-0.2, 0) is 11.2 Å². The van der Waals surface area contributed by atoms with Gasteiger partial charge in [0.1, 0.15) is 0 Å². The maximum absolute atomic E-state index is 12.7. The standard InChI is InChI=1S/C24H25ClN4O/c1-2-17-5-3-4-6-21(17)26-24(30)19-13-15-29(16-14-19)23-12-11-22(27-28-23)18-7-9-20(25)10-8-18/h3-12,19H,2,13-16H2,1H3,(H,26,30). The summed E-state index contributed by atoms with van der Waals surface area (Å²) in [5.74, 6) is 0.982. The highest BCUT2D eigenvalue weighted by molar-refractivity contribution is 6.30. The van der Waals surface area contributed by atoms with Gasteiger partial charge in [0.2, 0.25) is 5.91 Å². The molecule has 2 aromatic carbocycles. The van der Waals surface area contributed by atoms with Crippen LogP contribution in [0.4, 0.5) is 11.5 Å². The number of piperidine rings is 1. The summed E-state index contributed by atoms with van der Waals surface area (Å²) in [6, 6.07) is 19.5. The van der Waals surface area contributed by atoms with Crippen molar-refractivity contribution >= 4 is 29.0 Å². The summed E-state index contributed by atoms with van der Waals surface area (Å²) < 4.78 is 0. The molecular formula is C24H25ClN4O. The molecule has 30 heavy (non-hydrogen) atoms. The molecule has 0 atom stereocenters. The number of carbonyl (C=O) groups is 1. The molecule has 3 aromatic rings. The first-order valence-corrected chi connectivity index (χ1v) is 10.7. The summed E-state index contributed by atoms with van der Waals surface area (Å²) in [6.07, 6.45) is 2.51. The summed E-state index contributed by atoms with van der Waals surface area (Å²) in [5.41, 5.74) is 3.90. The van der Waals surface area contributed by atoms with Crippen LogP contribution in [0.5, 0.6) is 0 Å². The topological polar surface area (TPSA) is 58.1 Å². The van der Waals surface area contributed by atoms with Gasteiger partial charge in [-0.2, -0.15) is 0 Å². The van der Waals surface area contributed by atoms with Crippen LogP contribution in [0.15, 0.2) is 60.7 Å². The van der Waals surface area contributed by atoms with Crippen molar-refractivity contribution in [2.24, 2.45) is 5.92 Å². The minimum atomic E-state index is 0.0208. The Labute approximate surface area is 182 Å². The van der Waals surface area contributed by atoms with Crippen molar-refractivity contribution < 1.29 is 4.79 Å². The number of nitrogens with zero attached hydrogens (tertiary/aromatic N) is 3. The van der Waals surface area contributed by atoms with Crippen LogP contribution in [0.25, 0.3) is 11.3 Å². The van der Waals surface area contributed by atoms with Gasteiger partial charge in [0.25, 0.3) is 0 Å². The average Bonchev–Trinajstić information content (AvgIpc) is 2.80. The summed E-state index contributed by atoms with van der Waals surface area (Å²) in [6.45, 7) is 3.69. The van der Waals surface area contributed by atoms with Crippen molar-refractivity contribution in [2.75, 3.05) is 23.3 Å². The van der Waals surface area contributed by atoms with Crippen LogP contribution in [0.3, 0.4) is 0 Å². The number of hydrogen-bond donors (Lipinski definition) is 1. The fourth-order valence-electron chi connectivity index (χ4n) is 3.82. The lowest BCUT2D eigenvalue weighted by atomic mass is 9.95. The number of para-hydroxylation sites is 1. The summed E-state index contributed by atoms with van der Waals surface area (Å²) in [7, 11) is 0. The molecule has 1 aliphatic rings. The average molecular weight is 421 g/mol. The predicted octanol–water partition coefficient (Wildman–Crippen LogP) is 5.21. The second kappa shape index (κ2) is 9.26. The molecule has 1 saturated heterocycles. The van der Waals surface area contributed by atoms with E-state index in [1.807, 2.05) is 54.6 Å². The van der Waals surface area contributed by atoms with Gasteiger partial charge in [0.05, 0.1) is 5.69 Å². The monoisotopic (exact) mass is 420 g/mol. The number of rotatable bonds is 5. The van der Waals surface area contributed by atoms with Gasteiger partial charge in [-0.3, -0.25) is 4.79 Å². The van der Waals surface area contributed by atoms with Gasteiger partial charge in [-0.05, 0) is 55.2 Å². The zero-order valence-corrected chi connectivity index (χ0v) is 17.8. The number of benzene rings is 2. The second-order valence-corrected chi connectivity index (χ2v) is 7.98. The van der Waals surface area contributed by atoms with Crippen molar-refractivity contribution in [2.45, 2.75) is 26.2 Å². The van der Waals surface area contributed by atoms with Crippen LogP contribution >= 0.6 is 11.6 Å². The Balaban J connectivity index is 1.35. The number of halogens is 1. The molecule has 5 nitrogen and oxygen atoms in total. The van der Waals surface area contributed by atoms with E-state index in [-0.39, 0.29) is 11.8 Å². The number of carbonyl (C=O) groups excluding carboxylic acids is 1. The Morgan fingerprint density at radius 3 is 2.43 bits per heavy atom. The molecule has 6 heteroatoms. The first kappa shape index (κ1) is 20.4. The Hall–Kier alpha value is -2.92. The number of aryl methyl sites for hydroxylation is 1. The summed E-state index contributed by atoms with van der Waals surface area (Å²) in [4.78, 5) is 14.9. The van der Waals surface area contributed by atoms with Gasteiger partial charge in [-0.1, -0.05) is 48.9 Å². The minimum Gasteiger partial charge on any atom is -0.355 e. The lowest BCUT2D eigenvalue weighted by Gasteiger charge is -2.32. The molecule has 0 radical (unpaired) electrons. The van der Waals surface area contributed by atoms with Crippen molar-refractivity contribution in [3.63, 3.8) is 0 Å². The van der Waals surface area contributed by atoms with E-state index in [2.05, 4.69) is 33.4 Å². The Morgan fingerprint density at radius 2 is 1.77 bits per heavy atom. The molecule has 1 amide bonds. The van der Waals surface area contributed by atoms with Crippen molar-refractivity contribution in [3.8, 4) is 11.3 Å². The van der Waals surface area contributed by atoms with Crippen LogP contribution in [-0.4, -0.2) is 29.2 Å². The number of nitrogens with one attached hydrogen (secondary N) is 1. The number of hydrogen-bond acceptors (Lipinski definition) is 4. The van der Waals surface area contributed by atoms with Crippen molar-refractivity contribution in [3.05, 3.63) is 71.2 Å². The van der Waals surface area contributed by atoms with Gasteiger partial charge in [-0.15, -0.1) is 10.2 Å². The predicted molar refractivity (Wildman–Crippen MR) is 122 cm³/mol. The second-order valence-electron chi connectivity index (χ2n) is 7.54. The zero-order valence-electron chi connectivity index (χ0n) is 17.0. The van der Waals surface area contributed by atoms with E-state index >= 15 is 0 Å². The Bertz CT molecular complexity index is 996. The van der Waals surface area contributed by atoms with E-state index in [1.54, 1.807) is 0 Å². The Morgan fingerprint density at radius 1 is 1.03 bits per heavy atom. The molecule has 1 N–H and O–H groups in total. The molecule has 1 aliphatic heterocycles. The van der Waals surface area contributed by atoms with E-state index in [1.165, 1.54) is 5.56 Å². The highest BCUT2D eigenvalue weighted by Crippen LogP contribution is 2.25. The number of aromatic nitrogens is 2. The maximum atomic E-state index is 12.7. The SMILES string of the molecule is CCc1ccccc1NC(=O)C1CCN(c2ccc(-c3ccc(Cl)cc3)nn2)CC1. The molecule has 0 unspecified atom stereocenters. The van der Waals surface area contributed by atoms with E-state index in [0.717, 1.165) is 55.1 Å². The van der Waals surface area contributed by atoms with Gasteiger partial charge in [-0.25, -0.2) is 0 Å². The minimum absolute atomic E-state index is 0.0208. The maximum Gasteiger partial charge on any atom is 0.227 e. The molecule has 154 valence electrons. The molecule has 0 aliphatic carbocycles. The van der Waals surface area contributed by atoms with E-state index < -0.39 is 0 Å². The van der Waals surface area contributed by atoms with Gasteiger partial charge in [0, 0.05) is 35.3 Å². The molecule has 0 spiro atoms.